The molecule has 3 aromatic rings. The van der Waals surface area contributed by atoms with Gasteiger partial charge in [0.15, 0.2) is 0 Å². The van der Waals surface area contributed by atoms with E-state index in [-0.39, 0.29) is 23.6 Å². The lowest BCUT2D eigenvalue weighted by Crippen LogP contribution is -2.54. The summed E-state index contributed by atoms with van der Waals surface area (Å²) in [5.41, 5.74) is 2.28. The summed E-state index contributed by atoms with van der Waals surface area (Å²) in [6.45, 7) is 6.81. The highest BCUT2D eigenvalue weighted by Crippen LogP contribution is 2.23. The van der Waals surface area contributed by atoms with Gasteiger partial charge in [0.2, 0.25) is 17.7 Å². The summed E-state index contributed by atoms with van der Waals surface area (Å²) in [6, 6.07) is 23.4. The number of likely N-dealkylation sites (tertiary alicyclic amines) is 1. The van der Waals surface area contributed by atoms with Gasteiger partial charge >= 0.3 is 0 Å². The molecule has 4 rings (SSSR count). The number of nitrogens with zero attached hydrogens (tertiary/aromatic N) is 1. The minimum absolute atomic E-state index is 0.0490. The van der Waals surface area contributed by atoms with Crippen molar-refractivity contribution in [1.82, 2.24) is 20.9 Å². The summed E-state index contributed by atoms with van der Waals surface area (Å²) in [5.74, 6) is -0.462. The van der Waals surface area contributed by atoms with Crippen LogP contribution in [0.4, 0.5) is 0 Å². The molecule has 1 aliphatic rings. The maximum atomic E-state index is 13.5. The molecule has 3 N–H and O–H groups in total. The fourth-order valence-electron chi connectivity index (χ4n) is 5.80. The van der Waals surface area contributed by atoms with Crippen LogP contribution in [-0.4, -0.2) is 60.9 Å². The summed E-state index contributed by atoms with van der Waals surface area (Å²) in [4.78, 5) is 41.9. The lowest BCUT2D eigenvalue weighted by atomic mass is 10.00. The van der Waals surface area contributed by atoms with Gasteiger partial charge < -0.3 is 20.9 Å². The van der Waals surface area contributed by atoms with Gasteiger partial charge in [0.1, 0.15) is 12.1 Å². The summed E-state index contributed by atoms with van der Waals surface area (Å²) in [7, 11) is 0. The molecule has 3 aromatic carbocycles. The molecule has 0 aromatic heterocycles. The van der Waals surface area contributed by atoms with Crippen molar-refractivity contribution in [2.75, 3.05) is 26.2 Å². The second-order valence-electron chi connectivity index (χ2n) is 11.3. The molecule has 0 radical (unpaired) electrons. The van der Waals surface area contributed by atoms with Crippen LogP contribution in [0.25, 0.3) is 10.8 Å². The summed E-state index contributed by atoms with van der Waals surface area (Å²) in [5, 5.41) is 11.7. The van der Waals surface area contributed by atoms with Crippen LogP contribution in [0.1, 0.15) is 57.1 Å². The van der Waals surface area contributed by atoms with Gasteiger partial charge in [0.25, 0.3) is 0 Å². The van der Waals surface area contributed by atoms with Gasteiger partial charge in [-0.15, -0.1) is 0 Å². The van der Waals surface area contributed by atoms with Gasteiger partial charge in [-0.3, -0.25) is 14.4 Å². The minimum atomic E-state index is -0.726. The Morgan fingerprint density at radius 2 is 1.60 bits per heavy atom. The molecular weight excluding hydrogens is 524 g/mol. The molecule has 7 nitrogen and oxygen atoms in total. The van der Waals surface area contributed by atoms with E-state index in [4.69, 9.17) is 0 Å². The van der Waals surface area contributed by atoms with Gasteiger partial charge in [-0.05, 0) is 73.5 Å². The first kappa shape index (κ1) is 31.2. The van der Waals surface area contributed by atoms with Crippen LogP contribution in [0.5, 0.6) is 0 Å². The second-order valence-corrected chi connectivity index (χ2v) is 11.3. The van der Waals surface area contributed by atoms with Crippen molar-refractivity contribution < 1.29 is 14.4 Å². The van der Waals surface area contributed by atoms with Crippen LogP contribution < -0.4 is 16.0 Å². The van der Waals surface area contributed by atoms with Crippen molar-refractivity contribution in [3.8, 4) is 0 Å². The number of benzene rings is 3. The molecule has 42 heavy (non-hydrogen) atoms. The summed E-state index contributed by atoms with van der Waals surface area (Å²) < 4.78 is 0. The maximum absolute atomic E-state index is 13.5. The van der Waals surface area contributed by atoms with Crippen molar-refractivity contribution in [2.45, 2.75) is 70.9 Å². The Hall–Kier alpha value is -3.71. The zero-order chi connectivity index (χ0) is 29.7. The third kappa shape index (κ3) is 8.65. The van der Waals surface area contributed by atoms with E-state index in [0.29, 0.717) is 25.9 Å². The minimum Gasteiger partial charge on any atom is -0.354 e. The molecule has 2 atom stereocenters. The van der Waals surface area contributed by atoms with Crippen LogP contribution >= 0.6 is 0 Å². The third-order valence-electron chi connectivity index (χ3n) is 8.32. The lowest BCUT2D eigenvalue weighted by molar-refractivity contribution is -0.142. The SMILES string of the molecule is CCC(CC)C(=O)N1CCCC1C(=O)N[C@H](Cc1ccc2ccccc2c1)C(=O)NCCCNCCc1ccccc1. The molecule has 1 saturated heterocycles. The molecule has 3 amide bonds. The zero-order valence-electron chi connectivity index (χ0n) is 25.1. The highest BCUT2D eigenvalue weighted by Gasteiger charge is 2.37. The van der Waals surface area contributed by atoms with Crippen molar-refractivity contribution >= 4 is 28.5 Å². The predicted octanol–water partition coefficient (Wildman–Crippen LogP) is 4.63. The zero-order valence-corrected chi connectivity index (χ0v) is 25.1. The summed E-state index contributed by atoms with van der Waals surface area (Å²) in [6.07, 6.45) is 5.06. The van der Waals surface area contributed by atoms with E-state index in [1.54, 1.807) is 4.90 Å². The molecule has 1 fully saturated rings. The average Bonchev–Trinajstić information content (AvgIpc) is 3.51. The van der Waals surface area contributed by atoms with Crippen molar-refractivity contribution in [3.63, 3.8) is 0 Å². The predicted molar refractivity (Wildman–Crippen MR) is 169 cm³/mol. The van der Waals surface area contributed by atoms with E-state index in [2.05, 4.69) is 52.3 Å². The molecule has 0 bridgehead atoms. The quantitative estimate of drug-likeness (QED) is 0.233. The molecule has 7 heteroatoms. The molecule has 0 aliphatic carbocycles. The Kier molecular flexibility index (Phi) is 11.9. The van der Waals surface area contributed by atoms with Gasteiger partial charge in [-0.1, -0.05) is 86.6 Å². The molecule has 0 saturated carbocycles. The van der Waals surface area contributed by atoms with E-state index in [1.165, 1.54) is 5.56 Å². The van der Waals surface area contributed by atoms with Gasteiger partial charge in [0.05, 0.1) is 0 Å². The van der Waals surface area contributed by atoms with Crippen molar-refractivity contribution in [3.05, 3.63) is 83.9 Å². The van der Waals surface area contributed by atoms with E-state index in [0.717, 1.165) is 61.5 Å². The first-order chi connectivity index (χ1) is 20.5. The average molecular weight is 571 g/mol. The lowest BCUT2D eigenvalue weighted by Gasteiger charge is -2.29. The van der Waals surface area contributed by atoms with Crippen LogP contribution in [0, 0.1) is 5.92 Å². The number of nitrogens with one attached hydrogen (secondary N) is 3. The van der Waals surface area contributed by atoms with E-state index >= 15 is 0 Å². The van der Waals surface area contributed by atoms with Gasteiger partial charge in [0, 0.05) is 25.4 Å². The number of amides is 3. The fraction of sp³-hybridized carbons (Fsp3) is 0.457. The van der Waals surface area contributed by atoms with Crippen LogP contribution in [-0.2, 0) is 27.2 Å². The molecule has 1 aliphatic heterocycles. The van der Waals surface area contributed by atoms with Crippen LogP contribution in [0.2, 0.25) is 0 Å². The summed E-state index contributed by atoms with van der Waals surface area (Å²) >= 11 is 0. The number of hydrogen-bond acceptors (Lipinski definition) is 4. The standard InChI is InChI=1S/C35H46N4O3/c1-3-28(4-2)35(42)39-23-10-16-32(39)34(41)38-31(25-27-17-18-29-14-8-9-15-30(29)24-27)33(40)37-21-11-20-36-22-19-26-12-6-5-7-13-26/h5-9,12-15,17-18,24,28,31-32,36H,3-4,10-11,16,19-23,25H2,1-2H3,(H,37,40)(H,38,41)/t31-,32?/m1/s1. The number of rotatable bonds is 15. The molecule has 1 heterocycles. The number of carbonyl (C=O) groups is 3. The van der Waals surface area contributed by atoms with Gasteiger partial charge in [-0.25, -0.2) is 0 Å². The number of hydrogen-bond donors (Lipinski definition) is 3. The maximum Gasteiger partial charge on any atom is 0.243 e. The smallest absolute Gasteiger partial charge is 0.243 e. The second kappa shape index (κ2) is 16.1. The largest absolute Gasteiger partial charge is 0.354 e. The van der Waals surface area contributed by atoms with E-state index < -0.39 is 12.1 Å². The molecule has 0 spiro atoms. The highest BCUT2D eigenvalue weighted by molar-refractivity contribution is 5.93. The van der Waals surface area contributed by atoms with E-state index in [9.17, 15) is 14.4 Å². The fourth-order valence-corrected chi connectivity index (χ4v) is 5.80. The van der Waals surface area contributed by atoms with Gasteiger partial charge in [-0.2, -0.15) is 0 Å². The first-order valence-electron chi connectivity index (χ1n) is 15.6. The van der Waals surface area contributed by atoms with Crippen LogP contribution in [0.3, 0.4) is 0 Å². The molecule has 1 unspecified atom stereocenters. The Labute approximate surface area is 250 Å². The van der Waals surface area contributed by atoms with E-state index in [1.807, 2.05) is 50.2 Å². The first-order valence-corrected chi connectivity index (χ1v) is 15.6. The Morgan fingerprint density at radius 1 is 0.857 bits per heavy atom. The van der Waals surface area contributed by atoms with Crippen molar-refractivity contribution in [1.29, 1.82) is 0 Å². The molecule has 224 valence electrons. The van der Waals surface area contributed by atoms with Crippen molar-refractivity contribution in [2.24, 2.45) is 5.92 Å². The Morgan fingerprint density at radius 3 is 2.36 bits per heavy atom. The Balaban J connectivity index is 1.36. The van der Waals surface area contributed by atoms with Crippen LogP contribution in [0.15, 0.2) is 72.8 Å². The normalized spacial score (nSPS) is 15.6. The molecular formula is C35H46N4O3. The topological polar surface area (TPSA) is 90.5 Å². The third-order valence-corrected chi connectivity index (χ3v) is 8.32. The number of fused-ring (bicyclic) bond motifs is 1. The monoisotopic (exact) mass is 570 g/mol. The Bertz CT molecular complexity index is 1310. The highest BCUT2D eigenvalue weighted by atomic mass is 16.2. The number of carbonyl (C=O) groups excluding carboxylic acids is 3.